The summed E-state index contributed by atoms with van der Waals surface area (Å²) >= 11 is 1.34. The first-order valence-electron chi connectivity index (χ1n) is 5.66. The topological polar surface area (TPSA) is 38.7 Å². The first-order chi connectivity index (χ1) is 7.20. The third-order valence-corrected chi connectivity index (χ3v) is 3.87. The van der Waals surface area contributed by atoms with Gasteiger partial charge in [-0.3, -0.25) is 0 Å². The summed E-state index contributed by atoms with van der Waals surface area (Å²) in [6, 6.07) is 0. The summed E-state index contributed by atoms with van der Waals surface area (Å²) in [6.45, 7) is 6.66. The van der Waals surface area contributed by atoms with Gasteiger partial charge in [-0.25, -0.2) is 3.97 Å². The van der Waals surface area contributed by atoms with Crippen LogP contribution < -0.4 is 0 Å². The van der Waals surface area contributed by atoms with Gasteiger partial charge in [0.1, 0.15) is 0 Å². The van der Waals surface area contributed by atoms with E-state index in [0.29, 0.717) is 11.9 Å². The van der Waals surface area contributed by atoms with Crippen LogP contribution in [-0.2, 0) is 8.49 Å². The summed E-state index contributed by atoms with van der Waals surface area (Å²) in [4.78, 5) is 9.21. The summed E-state index contributed by atoms with van der Waals surface area (Å²) in [5, 5.41) is 0.430. The molecule has 0 rings (SSSR count). The van der Waals surface area contributed by atoms with Crippen LogP contribution in [0.1, 0.15) is 52.9 Å². The molecule has 5 heteroatoms. The Morgan fingerprint density at radius 1 is 1.27 bits per heavy atom. The molecule has 2 atom stereocenters. The number of rotatable bonds is 10. The van der Waals surface area contributed by atoms with Crippen LogP contribution in [0.5, 0.6) is 0 Å². The van der Waals surface area contributed by atoms with Crippen LogP contribution in [0.3, 0.4) is 0 Å². The van der Waals surface area contributed by atoms with Gasteiger partial charge in [-0.1, -0.05) is 39.5 Å². The molecule has 0 aromatic rings. The Morgan fingerprint density at radius 2 is 2.00 bits per heavy atom. The summed E-state index contributed by atoms with van der Waals surface area (Å²) in [5.74, 6) is 0. The fraction of sp³-hybridized carbons (Fsp3) is 1.00. The highest BCUT2D eigenvalue weighted by Gasteiger charge is 2.10. The third-order valence-electron chi connectivity index (χ3n) is 1.97. The Balaban J connectivity index is 3.28. The zero-order valence-electron chi connectivity index (χ0n) is 9.94. The van der Waals surface area contributed by atoms with Crippen LogP contribution >= 0.6 is 20.6 Å². The maximum Gasteiger partial charge on any atom is 0.342 e. The Bertz CT molecular complexity index is 138. The van der Waals surface area contributed by atoms with E-state index in [1.807, 2.05) is 6.92 Å². The molecule has 15 heavy (non-hydrogen) atoms. The van der Waals surface area contributed by atoms with Gasteiger partial charge in [0.2, 0.25) is 0 Å². The largest absolute Gasteiger partial charge is 0.342 e. The molecule has 0 bridgehead atoms. The van der Waals surface area contributed by atoms with Crippen molar-refractivity contribution in [3.05, 3.63) is 0 Å². The lowest BCUT2D eigenvalue weighted by molar-refractivity contribution is 0.284. The first-order valence-corrected chi connectivity index (χ1v) is 7.59. The standard InChI is InChI=1S/C10H23O3PS/c1-4-6-7-8-9-10(3)15-13-14(11)12-5-2/h10-11H,4-9H2,1-3H3. The highest BCUT2D eigenvalue weighted by atomic mass is 32.2. The second-order valence-electron chi connectivity index (χ2n) is 3.49. The molecule has 0 saturated carbocycles. The maximum atomic E-state index is 9.21. The van der Waals surface area contributed by atoms with E-state index in [4.69, 9.17) is 8.49 Å². The van der Waals surface area contributed by atoms with Gasteiger partial charge in [-0.05, 0) is 13.3 Å². The second-order valence-corrected chi connectivity index (χ2v) is 5.81. The van der Waals surface area contributed by atoms with Crippen molar-refractivity contribution in [1.29, 1.82) is 0 Å². The summed E-state index contributed by atoms with van der Waals surface area (Å²) in [6.07, 6.45) is 6.25. The Morgan fingerprint density at radius 3 is 2.60 bits per heavy atom. The Kier molecular flexibility index (Phi) is 11.6. The van der Waals surface area contributed by atoms with Crippen molar-refractivity contribution in [2.75, 3.05) is 6.61 Å². The summed E-state index contributed by atoms with van der Waals surface area (Å²) in [5.41, 5.74) is 0. The molecule has 0 amide bonds. The van der Waals surface area contributed by atoms with E-state index >= 15 is 0 Å². The lowest BCUT2D eigenvalue weighted by Gasteiger charge is -2.12. The second kappa shape index (κ2) is 11.2. The van der Waals surface area contributed by atoms with Crippen molar-refractivity contribution >= 4 is 20.6 Å². The Labute approximate surface area is 99.1 Å². The van der Waals surface area contributed by atoms with Crippen LogP contribution in [-0.4, -0.2) is 16.8 Å². The van der Waals surface area contributed by atoms with Crippen LogP contribution in [0.15, 0.2) is 0 Å². The maximum absolute atomic E-state index is 9.21. The van der Waals surface area contributed by atoms with Gasteiger partial charge in [0.25, 0.3) is 0 Å². The quantitative estimate of drug-likeness (QED) is 0.359. The number of hydrogen-bond acceptors (Lipinski definition) is 4. The molecule has 0 spiro atoms. The van der Waals surface area contributed by atoms with Gasteiger partial charge >= 0.3 is 8.60 Å². The highest BCUT2D eigenvalue weighted by molar-refractivity contribution is 7.98. The van der Waals surface area contributed by atoms with E-state index in [-0.39, 0.29) is 0 Å². The molecular formula is C10H23O3PS. The van der Waals surface area contributed by atoms with E-state index in [1.165, 1.54) is 37.7 Å². The molecule has 0 aliphatic heterocycles. The Hall–Kier alpha value is 0.660. The number of unbranched alkanes of at least 4 members (excludes halogenated alkanes) is 3. The van der Waals surface area contributed by atoms with Crippen molar-refractivity contribution in [2.45, 2.75) is 58.1 Å². The molecule has 0 aliphatic rings. The molecule has 0 heterocycles. The molecule has 2 unspecified atom stereocenters. The van der Waals surface area contributed by atoms with Gasteiger partial charge in [0.15, 0.2) is 0 Å². The minimum atomic E-state index is -1.67. The van der Waals surface area contributed by atoms with Crippen molar-refractivity contribution in [2.24, 2.45) is 0 Å². The van der Waals surface area contributed by atoms with E-state index in [2.05, 4.69) is 13.8 Å². The van der Waals surface area contributed by atoms with Crippen LogP contribution in [0.2, 0.25) is 0 Å². The van der Waals surface area contributed by atoms with Gasteiger partial charge in [0, 0.05) is 17.3 Å². The molecule has 0 saturated heterocycles. The fourth-order valence-electron chi connectivity index (χ4n) is 1.15. The van der Waals surface area contributed by atoms with E-state index < -0.39 is 8.60 Å². The van der Waals surface area contributed by atoms with Crippen LogP contribution in [0, 0.1) is 0 Å². The van der Waals surface area contributed by atoms with E-state index in [1.54, 1.807) is 0 Å². The predicted molar refractivity (Wildman–Crippen MR) is 67.7 cm³/mol. The zero-order valence-corrected chi connectivity index (χ0v) is 11.7. The average Bonchev–Trinajstić information content (AvgIpc) is 2.22. The minimum Gasteiger partial charge on any atom is -0.327 e. The molecule has 92 valence electrons. The van der Waals surface area contributed by atoms with Crippen molar-refractivity contribution in [3.8, 4) is 0 Å². The highest BCUT2D eigenvalue weighted by Crippen LogP contribution is 2.39. The lowest BCUT2D eigenvalue weighted by Crippen LogP contribution is -1.96. The molecule has 0 aliphatic carbocycles. The predicted octanol–water partition coefficient (Wildman–Crippen LogP) is 4.27. The monoisotopic (exact) mass is 254 g/mol. The zero-order chi connectivity index (χ0) is 11.5. The molecule has 3 nitrogen and oxygen atoms in total. The lowest BCUT2D eigenvalue weighted by atomic mass is 10.1. The number of hydrogen-bond donors (Lipinski definition) is 1. The van der Waals surface area contributed by atoms with Gasteiger partial charge in [-0.2, -0.15) is 0 Å². The normalized spacial score (nSPS) is 15.2. The van der Waals surface area contributed by atoms with E-state index in [9.17, 15) is 4.89 Å². The van der Waals surface area contributed by atoms with Crippen molar-refractivity contribution < 1.29 is 13.4 Å². The van der Waals surface area contributed by atoms with Crippen LogP contribution in [0.25, 0.3) is 0 Å². The fourth-order valence-corrected chi connectivity index (χ4v) is 2.69. The third kappa shape index (κ3) is 10.9. The molecule has 0 aromatic heterocycles. The minimum absolute atomic E-state index is 0.430. The van der Waals surface area contributed by atoms with Gasteiger partial charge < -0.3 is 9.42 Å². The summed E-state index contributed by atoms with van der Waals surface area (Å²) in [7, 11) is -1.67. The van der Waals surface area contributed by atoms with Gasteiger partial charge in [0.05, 0.1) is 6.61 Å². The van der Waals surface area contributed by atoms with Crippen molar-refractivity contribution in [3.63, 3.8) is 0 Å². The molecule has 1 N–H and O–H groups in total. The van der Waals surface area contributed by atoms with E-state index in [0.717, 1.165) is 6.42 Å². The molecule has 0 radical (unpaired) electrons. The first kappa shape index (κ1) is 15.7. The smallest absolute Gasteiger partial charge is 0.327 e. The summed E-state index contributed by atoms with van der Waals surface area (Å²) < 4.78 is 10.0. The van der Waals surface area contributed by atoms with Gasteiger partial charge in [-0.15, -0.1) is 0 Å². The average molecular weight is 254 g/mol. The molecule has 0 fully saturated rings. The molecule has 0 aromatic carbocycles. The molecular weight excluding hydrogens is 231 g/mol. The van der Waals surface area contributed by atoms with Crippen LogP contribution in [0.4, 0.5) is 0 Å². The van der Waals surface area contributed by atoms with Crippen molar-refractivity contribution in [1.82, 2.24) is 0 Å². The SMILES string of the molecule is CCCCCCC(C)SOP(O)OCC.